The van der Waals surface area contributed by atoms with Gasteiger partial charge in [0.2, 0.25) is 12.7 Å². The monoisotopic (exact) mass is 413 g/mol. The van der Waals surface area contributed by atoms with Gasteiger partial charge in [-0.05, 0) is 42.5 Å². The number of ether oxygens (including phenoxy) is 2. The number of nitrogens with zero attached hydrogens (tertiary/aromatic N) is 1. The van der Waals surface area contributed by atoms with Crippen LogP contribution in [0.15, 0.2) is 42.5 Å². The van der Waals surface area contributed by atoms with Crippen molar-refractivity contribution >= 4 is 17.5 Å². The number of halogens is 1. The molecule has 156 valence electrons. The molecule has 3 heterocycles. The second-order valence-corrected chi connectivity index (χ2v) is 8.07. The zero-order valence-electron chi connectivity index (χ0n) is 16.5. The second-order valence-electron chi connectivity index (χ2n) is 8.07. The molecule has 2 saturated heterocycles. The molecule has 3 aliphatic rings. The van der Waals surface area contributed by atoms with Gasteiger partial charge in [-0.3, -0.25) is 9.59 Å². The Morgan fingerprint density at radius 3 is 2.47 bits per heavy atom. The maximum absolute atomic E-state index is 13.2. The zero-order chi connectivity index (χ0) is 20.7. The molecule has 8 heteroatoms. The maximum atomic E-state index is 13.2. The van der Waals surface area contributed by atoms with Crippen molar-refractivity contribution in [3.8, 4) is 11.5 Å². The third-order valence-electron chi connectivity index (χ3n) is 6.21. The highest BCUT2D eigenvalue weighted by Crippen LogP contribution is 2.32. The van der Waals surface area contributed by atoms with E-state index in [4.69, 9.17) is 9.47 Å². The Morgan fingerprint density at radius 2 is 1.70 bits per heavy atom. The number of piperazine rings is 1. The van der Waals surface area contributed by atoms with Gasteiger partial charge in [0.05, 0.1) is 12.1 Å². The maximum Gasteiger partial charge on any atom is 0.292 e. The highest BCUT2D eigenvalue weighted by molar-refractivity contribution is 6.21. The summed E-state index contributed by atoms with van der Waals surface area (Å²) in [6, 6.07) is 11.2. The Bertz CT molecular complexity index is 973. The summed E-state index contributed by atoms with van der Waals surface area (Å²) in [6.45, 7) is 4.69. The van der Waals surface area contributed by atoms with Gasteiger partial charge in [0.1, 0.15) is 38.5 Å². The Kier molecular flexibility index (Phi) is 4.88. The Labute approximate surface area is 173 Å². The van der Waals surface area contributed by atoms with E-state index in [-0.39, 0.29) is 36.9 Å². The molecule has 3 aliphatic heterocycles. The van der Waals surface area contributed by atoms with Crippen molar-refractivity contribution in [1.29, 1.82) is 0 Å². The summed E-state index contributed by atoms with van der Waals surface area (Å²) < 4.78 is 24.0. The van der Waals surface area contributed by atoms with Crippen LogP contribution in [-0.2, 0) is 16.1 Å². The molecule has 0 aliphatic carbocycles. The van der Waals surface area contributed by atoms with Gasteiger partial charge in [-0.1, -0.05) is 0 Å². The van der Waals surface area contributed by atoms with Crippen molar-refractivity contribution in [3.63, 3.8) is 0 Å². The zero-order valence-corrected chi connectivity index (χ0v) is 16.5. The minimum atomic E-state index is -0.387. The molecule has 0 radical (unpaired) electrons. The van der Waals surface area contributed by atoms with Crippen molar-refractivity contribution in [3.05, 3.63) is 53.8 Å². The molecular formula is C22H24FN3O4+2. The minimum Gasteiger partial charge on any atom is -0.454 e. The van der Waals surface area contributed by atoms with E-state index in [1.165, 1.54) is 39.6 Å². The van der Waals surface area contributed by atoms with E-state index in [1.807, 2.05) is 12.1 Å². The summed E-state index contributed by atoms with van der Waals surface area (Å²) in [4.78, 5) is 29.3. The Balaban J connectivity index is 1.20. The Hall–Kier alpha value is -2.97. The molecule has 2 N–H and O–H groups in total. The van der Waals surface area contributed by atoms with Gasteiger partial charge in [0.15, 0.2) is 17.5 Å². The first-order valence-electron chi connectivity index (χ1n) is 10.3. The van der Waals surface area contributed by atoms with Crippen molar-refractivity contribution in [1.82, 2.24) is 0 Å². The van der Waals surface area contributed by atoms with E-state index in [9.17, 15) is 14.0 Å². The number of hydrogen-bond donors (Lipinski definition) is 2. The average molecular weight is 413 g/mol. The molecular weight excluding hydrogens is 389 g/mol. The first kappa shape index (κ1) is 19.0. The van der Waals surface area contributed by atoms with E-state index in [0.29, 0.717) is 5.69 Å². The highest BCUT2D eigenvalue weighted by atomic mass is 19.1. The third-order valence-corrected chi connectivity index (χ3v) is 6.21. The summed E-state index contributed by atoms with van der Waals surface area (Å²) >= 11 is 0. The number of hydrogen-bond acceptors (Lipinski definition) is 4. The lowest BCUT2D eigenvalue weighted by Crippen LogP contribution is -3.29. The summed E-state index contributed by atoms with van der Waals surface area (Å²) in [5.41, 5.74) is 1.65. The van der Waals surface area contributed by atoms with Crippen LogP contribution in [-0.4, -0.2) is 50.8 Å². The van der Waals surface area contributed by atoms with E-state index < -0.39 is 0 Å². The van der Waals surface area contributed by atoms with E-state index in [1.54, 1.807) is 0 Å². The average Bonchev–Trinajstić information content (AvgIpc) is 3.33. The van der Waals surface area contributed by atoms with Crippen LogP contribution in [0.1, 0.15) is 12.0 Å². The topological polar surface area (TPSA) is 64.7 Å². The standard InChI is InChI=1S/C22H22FN3O4/c23-16-2-4-17(5-3-16)26-21(27)12-18(22(26)28)25-9-7-24(8-10-25)13-15-1-6-19-20(11-15)30-14-29-19/h1-6,11,18H,7-10,12-14H2/p+2/t18-/m1/s1. The predicted octanol–water partition coefficient (Wildman–Crippen LogP) is -0.830. The smallest absolute Gasteiger partial charge is 0.292 e. The fraction of sp³-hybridized carbons (Fsp3) is 0.364. The number of anilines is 1. The van der Waals surface area contributed by atoms with Crippen LogP contribution in [0.3, 0.4) is 0 Å². The molecule has 1 atom stereocenters. The van der Waals surface area contributed by atoms with Crippen molar-refractivity contribution in [2.24, 2.45) is 0 Å². The largest absolute Gasteiger partial charge is 0.454 e. The molecule has 2 fully saturated rings. The molecule has 0 unspecified atom stereocenters. The molecule has 0 bridgehead atoms. The molecule has 2 aromatic rings. The number of carbonyl (C=O) groups excluding carboxylic acids is 2. The first-order chi connectivity index (χ1) is 14.6. The van der Waals surface area contributed by atoms with E-state index in [2.05, 4.69) is 6.07 Å². The number of quaternary nitrogens is 2. The van der Waals surface area contributed by atoms with E-state index >= 15 is 0 Å². The lowest BCUT2D eigenvalue weighted by atomic mass is 10.1. The van der Waals surface area contributed by atoms with Gasteiger partial charge >= 0.3 is 0 Å². The molecule has 0 saturated carbocycles. The van der Waals surface area contributed by atoms with Crippen LogP contribution >= 0.6 is 0 Å². The molecule has 2 amide bonds. The van der Waals surface area contributed by atoms with E-state index in [0.717, 1.165) is 49.1 Å². The molecule has 7 nitrogen and oxygen atoms in total. The number of imide groups is 1. The molecule has 0 aromatic heterocycles. The number of rotatable bonds is 4. The van der Waals surface area contributed by atoms with Crippen LogP contribution < -0.4 is 24.2 Å². The molecule has 5 rings (SSSR count). The third kappa shape index (κ3) is 3.53. The van der Waals surface area contributed by atoms with Crippen LogP contribution in [0, 0.1) is 5.82 Å². The first-order valence-corrected chi connectivity index (χ1v) is 10.3. The van der Waals surface area contributed by atoms with Gasteiger partial charge in [-0.25, -0.2) is 9.29 Å². The van der Waals surface area contributed by atoms with Crippen LogP contribution in [0.5, 0.6) is 11.5 Å². The number of amides is 2. The summed E-state index contributed by atoms with van der Waals surface area (Å²) in [5.74, 6) is 0.812. The van der Waals surface area contributed by atoms with Gasteiger partial charge < -0.3 is 19.3 Å². The van der Waals surface area contributed by atoms with Crippen LogP contribution in [0.2, 0.25) is 0 Å². The molecule has 0 spiro atoms. The number of nitrogens with one attached hydrogen (secondary N) is 2. The SMILES string of the molecule is O=C1C[C@@H]([NH+]2CC[NH+](Cc3ccc4c(c3)OCO4)CC2)C(=O)N1c1ccc(F)cc1. The lowest BCUT2D eigenvalue weighted by Gasteiger charge is -2.32. The fourth-order valence-corrected chi connectivity index (χ4v) is 4.60. The summed E-state index contributed by atoms with van der Waals surface area (Å²) in [7, 11) is 0. The number of fused-ring (bicyclic) bond motifs is 1. The molecule has 30 heavy (non-hydrogen) atoms. The quantitative estimate of drug-likeness (QED) is 0.643. The fourth-order valence-electron chi connectivity index (χ4n) is 4.60. The van der Waals surface area contributed by atoms with Gasteiger partial charge in [0, 0.05) is 5.56 Å². The normalized spacial score (nSPS) is 25.8. The van der Waals surface area contributed by atoms with Crippen molar-refractivity contribution < 1.29 is 33.3 Å². The summed E-state index contributed by atoms with van der Waals surface area (Å²) in [6.07, 6.45) is 0.211. The van der Waals surface area contributed by atoms with Gasteiger partial charge in [-0.15, -0.1) is 0 Å². The van der Waals surface area contributed by atoms with Gasteiger partial charge in [-0.2, -0.15) is 0 Å². The predicted molar refractivity (Wildman–Crippen MR) is 105 cm³/mol. The van der Waals surface area contributed by atoms with Gasteiger partial charge in [0.25, 0.3) is 5.91 Å². The number of benzene rings is 2. The minimum absolute atomic E-state index is 0.180. The number of carbonyl (C=O) groups is 2. The van der Waals surface area contributed by atoms with Crippen molar-refractivity contribution in [2.75, 3.05) is 37.9 Å². The second kappa shape index (κ2) is 7.70. The van der Waals surface area contributed by atoms with Crippen LogP contribution in [0.25, 0.3) is 0 Å². The lowest BCUT2D eigenvalue weighted by molar-refractivity contribution is -1.02. The Morgan fingerprint density at radius 1 is 0.967 bits per heavy atom. The highest BCUT2D eigenvalue weighted by Gasteiger charge is 2.46. The summed E-state index contributed by atoms with van der Waals surface area (Å²) in [5, 5.41) is 0. The van der Waals surface area contributed by atoms with Crippen molar-refractivity contribution in [2.45, 2.75) is 19.0 Å². The molecule has 2 aromatic carbocycles. The van der Waals surface area contributed by atoms with Crippen LogP contribution in [0.4, 0.5) is 10.1 Å².